The molecule has 0 aliphatic rings. The third-order valence-electron chi connectivity index (χ3n) is 3.16. The molecule has 0 saturated carbocycles. The number of aryl methyl sites for hydroxylation is 1. The van der Waals surface area contributed by atoms with Gasteiger partial charge in [0.15, 0.2) is 0 Å². The second-order valence-corrected chi connectivity index (χ2v) is 7.28. The molecule has 1 aromatic rings. The van der Waals surface area contributed by atoms with Gasteiger partial charge >= 0.3 is 0 Å². The topological polar surface area (TPSA) is 62.6 Å². The van der Waals surface area contributed by atoms with Crippen LogP contribution in [0.25, 0.3) is 0 Å². The molecular weight excluding hydrogens is 264 g/mol. The van der Waals surface area contributed by atoms with E-state index in [4.69, 9.17) is 4.42 Å². The zero-order valence-corrected chi connectivity index (χ0v) is 13.0. The first kappa shape index (κ1) is 16.2. The van der Waals surface area contributed by atoms with Gasteiger partial charge in [-0.3, -0.25) is 0 Å². The van der Waals surface area contributed by atoms with E-state index in [0.29, 0.717) is 13.1 Å². The van der Waals surface area contributed by atoms with Crippen LogP contribution in [0.2, 0.25) is 0 Å². The summed E-state index contributed by atoms with van der Waals surface area (Å²) >= 11 is 0. The van der Waals surface area contributed by atoms with Crippen molar-refractivity contribution in [2.75, 3.05) is 20.1 Å². The van der Waals surface area contributed by atoms with Gasteiger partial charge in [0.05, 0.1) is 11.5 Å². The highest BCUT2D eigenvalue weighted by atomic mass is 32.2. The fourth-order valence-corrected chi connectivity index (χ4v) is 3.06. The fourth-order valence-electron chi connectivity index (χ4n) is 1.80. The molecular formula is C13H24N2O3S. The molecule has 1 N–H and O–H groups in total. The van der Waals surface area contributed by atoms with Gasteiger partial charge in [0, 0.05) is 25.7 Å². The van der Waals surface area contributed by atoms with E-state index in [1.54, 1.807) is 26.3 Å². The van der Waals surface area contributed by atoms with Gasteiger partial charge in [0.2, 0.25) is 10.0 Å². The molecule has 1 aromatic heterocycles. The van der Waals surface area contributed by atoms with Gasteiger partial charge in [0.25, 0.3) is 0 Å². The lowest BCUT2D eigenvalue weighted by Crippen LogP contribution is -2.40. The summed E-state index contributed by atoms with van der Waals surface area (Å²) < 4.78 is 31.2. The zero-order valence-electron chi connectivity index (χ0n) is 12.1. The first-order chi connectivity index (χ1) is 8.89. The monoisotopic (exact) mass is 288 g/mol. The smallest absolute Gasteiger partial charge is 0.218 e. The van der Waals surface area contributed by atoms with Crippen molar-refractivity contribution in [3.63, 3.8) is 0 Å². The average molecular weight is 288 g/mol. The van der Waals surface area contributed by atoms with E-state index >= 15 is 0 Å². The Bertz CT molecular complexity index is 482. The largest absolute Gasteiger partial charge is 0.469 e. The predicted octanol–water partition coefficient (Wildman–Crippen LogP) is 1.74. The van der Waals surface area contributed by atoms with Crippen LogP contribution in [0.15, 0.2) is 16.7 Å². The van der Waals surface area contributed by atoms with Crippen molar-refractivity contribution in [3.05, 3.63) is 23.7 Å². The Morgan fingerprint density at radius 2 is 2.16 bits per heavy atom. The van der Waals surface area contributed by atoms with Crippen LogP contribution in [0.4, 0.5) is 0 Å². The predicted molar refractivity (Wildman–Crippen MR) is 76.5 cm³/mol. The van der Waals surface area contributed by atoms with E-state index < -0.39 is 15.3 Å². The average Bonchev–Trinajstić information content (AvgIpc) is 2.75. The molecule has 1 heterocycles. The molecule has 0 aliphatic carbocycles. The molecule has 110 valence electrons. The normalized spacial score (nSPS) is 13.9. The minimum Gasteiger partial charge on any atom is -0.469 e. The highest BCUT2D eigenvalue weighted by Gasteiger charge is 2.26. The summed E-state index contributed by atoms with van der Waals surface area (Å²) in [6.45, 7) is 7.29. The lowest BCUT2D eigenvalue weighted by molar-refractivity contribution is 0.447. The van der Waals surface area contributed by atoms with Crippen LogP contribution < -0.4 is 5.32 Å². The molecule has 0 saturated heterocycles. The van der Waals surface area contributed by atoms with Gasteiger partial charge in [-0.05, 0) is 32.9 Å². The van der Waals surface area contributed by atoms with E-state index in [9.17, 15) is 8.42 Å². The quantitative estimate of drug-likeness (QED) is 0.740. The standard InChI is InChI=1S/C13H24N2O3S/c1-5-7-14-9-11(2)19(16,17)15(4)10-13-6-8-18-12(13)3/h6,8,11,14H,5,7,9-10H2,1-4H3. The molecule has 0 bridgehead atoms. The van der Waals surface area contributed by atoms with Crippen LogP contribution in [0.5, 0.6) is 0 Å². The number of sulfonamides is 1. The summed E-state index contributed by atoms with van der Waals surface area (Å²) in [5.74, 6) is 0.763. The number of hydrogen-bond acceptors (Lipinski definition) is 4. The van der Waals surface area contributed by atoms with Crippen molar-refractivity contribution < 1.29 is 12.8 Å². The van der Waals surface area contributed by atoms with Crippen LogP contribution in [-0.4, -0.2) is 38.1 Å². The summed E-state index contributed by atoms with van der Waals surface area (Å²) in [6.07, 6.45) is 2.58. The summed E-state index contributed by atoms with van der Waals surface area (Å²) in [4.78, 5) is 0. The molecule has 6 heteroatoms. The van der Waals surface area contributed by atoms with Crippen LogP contribution >= 0.6 is 0 Å². The first-order valence-electron chi connectivity index (χ1n) is 6.58. The van der Waals surface area contributed by atoms with Gasteiger partial charge in [0.1, 0.15) is 5.76 Å². The Kier molecular flexibility index (Phi) is 6.03. The van der Waals surface area contributed by atoms with E-state index in [1.165, 1.54) is 4.31 Å². The lowest BCUT2D eigenvalue weighted by Gasteiger charge is -2.22. The molecule has 1 unspecified atom stereocenters. The molecule has 0 amide bonds. The van der Waals surface area contributed by atoms with Crippen molar-refractivity contribution in [1.82, 2.24) is 9.62 Å². The van der Waals surface area contributed by atoms with Gasteiger partial charge < -0.3 is 9.73 Å². The van der Waals surface area contributed by atoms with E-state index in [0.717, 1.165) is 24.3 Å². The second-order valence-electron chi connectivity index (χ2n) is 4.82. The van der Waals surface area contributed by atoms with Gasteiger partial charge in [-0.25, -0.2) is 12.7 Å². The second kappa shape index (κ2) is 7.07. The third kappa shape index (κ3) is 4.33. The Balaban J connectivity index is 2.63. The van der Waals surface area contributed by atoms with Crippen molar-refractivity contribution in [3.8, 4) is 0 Å². The van der Waals surface area contributed by atoms with Crippen LogP contribution in [0.1, 0.15) is 31.6 Å². The highest BCUT2D eigenvalue weighted by molar-refractivity contribution is 7.89. The minimum atomic E-state index is -3.28. The Morgan fingerprint density at radius 1 is 1.47 bits per heavy atom. The maximum Gasteiger partial charge on any atom is 0.218 e. The number of nitrogens with one attached hydrogen (secondary N) is 1. The Labute approximate surface area is 116 Å². The van der Waals surface area contributed by atoms with Crippen molar-refractivity contribution in [2.45, 2.75) is 39.0 Å². The van der Waals surface area contributed by atoms with E-state index in [1.807, 2.05) is 6.92 Å². The number of furan rings is 1. The van der Waals surface area contributed by atoms with Crippen LogP contribution in [0, 0.1) is 6.92 Å². The summed E-state index contributed by atoms with van der Waals surface area (Å²) in [5, 5.41) is 2.71. The van der Waals surface area contributed by atoms with Crippen molar-refractivity contribution in [2.24, 2.45) is 0 Å². The number of rotatable bonds is 8. The van der Waals surface area contributed by atoms with Gasteiger partial charge in [-0.1, -0.05) is 6.92 Å². The number of nitrogens with zero attached hydrogens (tertiary/aromatic N) is 1. The third-order valence-corrected chi connectivity index (χ3v) is 5.34. The zero-order chi connectivity index (χ0) is 14.5. The molecule has 0 spiro atoms. The highest BCUT2D eigenvalue weighted by Crippen LogP contribution is 2.15. The maximum absolute atomic E-state index is 12.3. The van der Waals surface area contributed by atoms with Gasteiger partial charge in [-0.2, -0.15) is 0 Å². The Hall–Kier alpha value is -0.850. The summed E-state index contributed by atoms with van der Waals surface area (Å²) in [5.41, 5.74) is 0.903. The molecule has 0 radical (unpaired) electrons. The van der Waals surface area contributed by atoms with Crippen LogP contribution in [0.3, 0.4) is 0 Å². The summed E-state index contributed by atoms with van der Waals surface area (Å²) in [6, 6.07) is 1.81. The maximum atomic E-state index is 12.3. The molecule has 0 fully saturated rings. The SMILES string of the molecule is CCCNCC(C)S(=O)(=O)N(C)Cc1ccoc1C. The fraction of sp³-hybridized carbons (Fsp3) is 0.692. The summed E-state index contributed by atoms with van der Waals surface area (Å²) in [7, 11) is -1.67. The lowest BCUT2D eigenvalue weighted by atomic mass is 10.3. The van der Waals surface area contributed by atoms with Crippen molar-refractivity contribution in [1.29, 1.82) is 0 Å². The molecule has 1 atom stereocenters. The minimum absolute atomic E-state index is 0.350. The van der Waals surface area contributed by atoms with Crippen LogP contribution in [-0.2, 0) is 16.6 Å². The molecule has 0 aromatic carbocycles. The molecule has 1 rings (SSSR count). The molecule has 5 nitrogen and oxygen atoms in total. The molecule has 19 heavy (non-hydrogen) atoms. The van der Waals surface area contributed by atoms with Gasteiger partial charge in [-0.15, -0.1) is 0 Å². The van der Waals surface area contributed by atoms with E-state index in [-0.39, 0.29) is 0 Å². The Morgan fingerprint density at radius 3 is 2.68 bits per heavy atom. The van der Waals surface area contributed by atoms with Crippen molar-refractivity contribution >= 4 is 10.0 Å². The number of hydrogen-bond donors (Lipinski definition) is 1. The first-order valence-corrected chi connectivity index (χ1v) is 8.08. The van der Waals surface area contributed by atoms with E-state index in [2.05, 4.69) is 12.2 Å². The molecule has 0 aliphatic heterocycles.